The van der Waals surface area contributed by atoms with Gasteiger partial charge in [0.2, 0.25) is 10.0 Å². The van der Waals surface area contributed by atoms with E-state index in [0.717, 1.165) is 19.5 Å². The summed E-state index contributed by atoms with van der Waals surface area (Å²) in [5.41, 5.74) is 0.536. The molecule has 0 aromatic heterocycles. The minimum absolute atomic E-state index is 0.0858. The molecular weight excluding hydrogens is 378 g/mol. The molecule has 0 bridgehead atoms. The maximum absolute atomic E-state index is 12.7. The van der Waals surface area contributed by atoms with Crippen LogP contribution in [-0.4, -0.2) is 74.7 Å². The summed E-state index contributed by atoms with van der Waals surface area (Å²) in [6, 6.07) is 7.69. The summed E-state index contributed by atoms with van der Waals surface area (Å²) < 4.78 is 30.9. The number of hydrogen-bond acceptors (Lipinski definition) is 5. The van der Waals surface area contributed by atoms with Gasteiger partial charge in [-0.05, 0) is 50.9 Å². The van der Waals surface area contributed by atoms with Crippen LogP contribution in [0.5, 0.6) is 5.75 Å². The van der Waals surface area contributed by atoms with E-state index < -0.39 is 10.0 Å². The summed E-state index contributed by atoms with van der Waals surface area (Å²) in [6.45, 7) is 5.81. The molecule has 2 fully saturated rings. The van der Waals surface area contributed by atoms with Gasteiger partial charge in [0, 0.05) is 25.7 Å². The van der Waals surface area contributed by atoms with Gasteiger partial charge >= 0.3 is 0 Å². The number of carbonyl (C=O) groups is 1. The molecule has 28 heavy (non-hydrogen) atoms. The number of piperidine rings is 1. The second-order valence-electron chi connectivity index (χ2n) is 7.61. The molecule has 1 atom stereocenters. The highest BCUT2D eigenvalue weighted by atomic mass is 32.2. The minimum Gasteiger partial charge on any atom is -0.489 e. The van der Waals surface area contributed by atoms with Crippen LogP contribution in [0, 0.1) is 0 Å². The van der Waals surface area contributed by atoms with Crippen molar-refractivity contribution in [2.24, 2.45) is 0 Å². The smallest absolute Gasteiger partial charge is 0.255 e. The lowest BCUT2D eigenvalue weighted by atomic mass is 10.1. The highest BCUT2D eigenvalue weighted by Gasteiger charge is 2.27. The Balaban J connectivity index is 1.58. The van der Waals surface area contributed by atoms with Crippen molar-refractivity contribution >= 4 is 15.9 Å². The molecule has 7 nitrogen and oxygen atoms in total. The quantitative estimate of drug-likeness (QED) is 0.742. The van der Waals surface area contributed by atoms with E-state index in [-0.39, 0.29) is 12.0 Å². The van der Waals surface area contributed by atoms with E-state index in [0.29, 0.717) is 49.8 Å². The topological polar surface area (TPSA) is 79.0 Å². The Kier molecular flexibility index (Phi) is 6.95. The zero-order chi connectivity index (χ0) is 20.1. The van der Waals surface area contributed by atoms with Gasteiger partial charge in [0.1, 0.15) is 11.9 Å². The second-order valence-corrected chi connectivity index (χ2v) is 9.59. The van der Waals surface area contributed by atoms with Crippen molar-refractivity contribution in [2.45, 2.75) is 44.8 Å². The van der Waals surface area contributed by atoms with E-state index in [2.05, 4.69) is 17.1 Å². The normalized spacial score (nSPS) is 22.3. The predicted octanol–water partition coefficient (Wildman–Crippen LogP) is 1.70. The second kappa shape index (κ2) is 9.24. The van der Waals surface area contributed by atoms with Gasteiger partial charge in [-0.2, -0.15) is 0 Å². The minimum atomic E-state index is -3.16. The lowest BCUT2D eigenvalue weighted by molar-refractivity contribution is 0.0926. The van der Waals surface area contributed by atoms with Crippen LogP contribution in [0.25, 0.3) is 0 Å². The van der Waals surface area contributed by atoms with Gasteiger partial charge in [0.05, 0.1) is 11.8 Å². The third kappa shape index (κ3) is 5.24. The molecule has 3 rings (SSSR count). The molecule has 2 aliphatic rings. The van der Waals surface area contributed by atoms with Gasteiger partial charge in [0.25, 0.3) is 5.91 Å². The molecule has 0 radical (unpaired) electrons. The van der Waals surface area contributed by atoms with Crippen LogP contribution >= 0.6 is 0 Å². The third-order valence-electron chi connectivity index (χ3n) is 5.70. The molecule has 156 valence electrons. The number of sulfonamides is 1. The zero-order valence-corrected chi connectivity index (χ0v) is 17.6. The van der Waals surface area contributed by atoms with Crippen LogP contribution in [0.3, 0.4) is 0 Å². The number of carbonyl (C=O) groups excluding carboxylic acids is 1. The van der Waals surface area contributed by atoms with Crippen molar-refractivity contribution in [1.29, 1.82) is 0 Å². The number of nitrogens with one attached hydrogen (secondary N) is 1. The van der Waals surface area contributed by atoms with Gasteiger partial charge in [-0.1, -0.05) is 19.1 Å². The van der Waals surface area contributed by atoms with Crippen LogP contribution in [0.4, 0.5) is 0 Å². The standard InChI is InChI=1S/C20H31N3O4S/c1-3-22-12-6-7-16(22)15-21-20(24)18-8-4-5-9-19(18)27-17-10-13-23(14-11-17)28(2,25)26/h4-5,8-9,16-17H,3,6-7,10-15H2,1-2H3,(H,21,24)/t16-/m0/s1. The first-order valence-electron chi connectivity index (χ1n) is 10.1. The first-order valence-corrected chi connectivity index (χ1v) is 12.0. The lowest BCUT2D eigenvalue weighted by Crippen LogP contribution is -2.41. The number of para-hydroxylation sites is 1. The van der Waals surface area contributed by atoms with E-state index in [1.54, 1.807) is 6.07 Å². The monoisotopic (exact) mass is 409 g/mol. The predicted molar refractivity (Wildman–Crippen MR) is 109 cm³/mol. The highest BCUT2D eigenvalue weighted by molar-refractivity contribution is 7.88. The summed E-state index contributed by atoms with van der Waals surface area (Å²) in [7, 11) is -3.16. The first kappa shape index (κ1) is 21.1. The summed E-state index contributed by atoms with van der Waals surface area (Å²) in [6.07, 6.45) is 4.69. The fraction of sp³-hybridized carbons (Fsp3) is 0.650. The van der Waals surface area contributed by atoms with Gasteiger partial charge in [0.15, 0.2) is 0 Å². The van der Waals surface area contributed by atoms with Crippen molar-refractivity contribution in [3.8, 4) is 5.75 Å². The van der Waals surface area contributed by atoms with Gasteiger partial charge in [-0.25, -0.2) is 12.7 Å². The van der Waals surface area contributed by atoms with Crippen molar-refractivity contribution in [3.63, 3.8) is 0 Å². The molecule has 0 spiro atoms. The van der Waals surface area contributed by atoms with Crippen molar-refractivity contribution in [1.82, 2.24) is 14.5 Å². The van der Waals surface area contributed by atoms with E-state index in [1.807, 2.05) is 18.2 Å². The Morgan fingerprint density at radius 3 is 2.57 bits per heavy atom. The number of ether oxygens (including phenoxy) is 1. The van der Waals surface area contributed by atoms with Crippen LogP contribution < -0.4 is 10.1 Å². The molecule has 0 saturated carbocycles. The van der Waals surface area contributed by atoms with Gasteiger partial charge in [-0.3, -0.25) is 9.69 Å². The molecule has 1 aromatic carbocycles. The first-order chi connectivity index (χ1) is 13.4. The molecule has 1 amide bonds. The molecule has 2 saturated heterocycles. The molecule has 1 N–H and O–H groups in total. The Labute approximate surface area is 168 Å². The maximum atomic E-state index is 12.7. The SMILES string of the molecule is CCN1CCC[C@H]1CNC(=O)c1ccccc1OC1CCN(S(C)(=O)=O)CC1. The summed E-state index contributed by atoms with van der Waals surface area (Å²) in [5, 5.41) is 3.06. The van der Waals surface area contributed by atoms with E-state index in [9.17, 15) is 13.2 Å². The van der Waals surface area contributed by atoms with Gasteiger partial charge < -0.3 is 10.1 Å². The van der Waals surface area contributed by atoms with E-state index in [4.69, 9.17) is 4.74 Å². The Bertz CT molecular complexity index is 775. The number of likely N-dealkylation sites (N-methyl/N-ethyl adjacent to an activating group) is 1. The fourth-order valence-corrected chi connectivity index (χ4v) is 4.94. The van der Waals surface area contributed by atoms with Crippen molar-refractivity contribution in [3.05, 3.63) is 29.8 Å². The number of rotatable bonds is 7. The van der Waals surface area contributed by atoms with Crippen LogP contribution in [0.15, 0.2) is 24.3 Å². The van der Waals surface area contributed by atoms with Crippen LogP contribution in [-0.2, 0) is 10.0 Å². The Hall–Kier alpha value is -1.64. The molecule has 8 heteroatoms. The maximum Gasteiger partial charge on any atom is 0.255 e. The Morgan fingerprint density at radius 2 is 1.89 bits per heavy atom. The zero-order valence-electron chi connectivity index (χ0n) is 16.8. The lowest BCUT2D eigenvalue weighted by Gasteiger charge is -2.30. The summed E-state index contributed by atoms with van der Waals surface area (Å²) in [4.78, 5) is 15.1. The van der Waals surface area contributed by atoms with E-state index in [1.165, 1.54) is 17.0 Å². The van der Waals surface area contributed by atoms with E-state index >= 15 is 0 Å². The molecule has 2 heterocycles. The number of benzene rings is 1. The third-order valence-corrected chi connectivity index (χ3v) is 7.00. The molecule has 1 aromatic rings. The molecular formula is C20H31N3O4S. The van der Waals surface area contributed by atoms with Crippen LogP contribution in [0.2, 0.25) is 0 Å². The summed E-state index contributed by atoms with van der Waals surface area (Å²) >= 11 is 0. The molecule has 0 aliphatic carbocycles. The number of nitrogens with zero attached hydrogens (tertiary/aromatic N) is 2. The average molecular weight is 410 g/mol. The van der Waals surface area contributed by atoms with Crippen molar-refractivity contribution < 1.29 is 17.9 Å². The largest absolute Gasteiger partial charge is 0.489 e. The highest BCUT2D eigenvalue weighted by Crippen LogP contribution is 2.24. The summed E-state index contributed by atoms with van der Waals surface area (Å²) in [5.74, 6) is 0.448. The van der Waals surface area contributed by atoms with Crippen LogP contribution in [0.1, 0.15) is 43.0 Å². The number of amides is 1. The van der Waals surface area contributed by atoms with Gasteiger partial charge in [-0.15, -0.1) is 0 Å². The average Bonchev–Trinajstić information content (AvgIpc) is 3.14. The Morgan fingerprint density at radius 1 is 1.18 bits per heavy atom. The number of hydrogen-bond donors (Lipinski definition) is 1. The van der Waals surface area contributed by atoms with Crippen molar-refractivity contribution in [2.75, 3.05) is 39.0 Å². The number of likely N-dealkylation sites (tertiary alicyclic amines) is 1. The fourth-order valence-electron chi connectivity index (χ4n) is 4.07. The molecule has 0 unspecified atom stereocenters. The molecule has 2 aliphatic heterocycles.